The van der Waals surface area contributed by atoms with Gasteiger partial charge in [0.15, 0.2) is 4.64 Å². The van der Waals surface area contributed by atoms with Crippen molar-refractivity contribution in [2.24, 2.45) is 5.92 Å². The molecule has 0 radical (unpaired) electrons. The van der Waals surface area contributed by atoms with Crippen LogP contribution in [-0.4, -0.2) is 9.97 Å². The van der Waals surface area contributed by atoms with Crippen molar-refractivity contribution in [3.8, 4) is 0 Å². The molecule has 5 heteroatoms. The molecule has 1 heterocycles. The molecule has 0 aliphatic carbocycles. The minimum Gasteiger partial charge on any atom is -0.394 e. The van der Waals surface area contributed by atoms with Crippen molar-refractivity contribution in [1.29, 1.82) is 0 Å². The molecule has 0 aliphatic heterocycles. The maximum Gasteiger partial charge on any atom is 0.154 e. The molecule has 1 rings (SSSR count). The van der Waals surface area contributed by atoms with Crippen LogP contribution in [0.5, 0.6) is 0 Å². The first kappa shape index (κ1) is 10.5. The summed E-state index contributed by atoms with van der Waals surface area (Å²) in [4.78, 5) is 7.03. The van der Waals surface area contributed by atoms with Gasteiger partial charge in [0.25, 0.3) is 0 Å². The van der Waals surface area contributed by atoms with Crippen LogP contribution < -0.4 is 5.73 Å². The fourth-order valence-corrected chi connectivity index (χ4v) is 1.45. The topological polar surface area (TPSA) is 54.7 Å². The standard InChI is InChI=1S/C8H12ClN3S/c1-4(2)3-5-11-7(9)6(10)8(13)12-5/h4H,3,10H2,1-2H3,(H,11,12,13). The van der Waals surface area contributed by atoms with E-state index in [1.165, 1.54) is 0 Å². The highest BCUT2D eigenvalue weighted by Crippen LogP contribution is 2.16. The number of hydrogen-bond acceptors (Lipinski definition) is 3. The lowest BCUT2D eigenvalue weighted by Gasteiger charge is -2.06. The van der Waals surface area contributed by atoms with Gasteiger partial charge in [0.2, 0.25) is 0 Å². The molecule has 0 spiro atoms. The van der Waals surface area contributed by atoms with E-state index in [2.05, 4.69) is 23.8 Å². The summed E-state index contributed by atoms with van der Waals surface area (Å²) in [5, 5.41) is 0.385. The zero-order chi connectivity index (χ0) is 10.0. The Kier molecular flexibility index (Phi) is 3.27. The van der Waals surface area contributed by atoms with Gasteiger partial charge in [0.05, 0.1) is 0 Å². The fourth-order valence-electron chi connectivity index (χ4n) is 0.982. The molecule has 13 heavy (non-hydrogen) atoms. The summed E-state index contributed by atoms with van der Waals surface area (Å²) in [6.07, 6.45) is 0.823. The molecule has 0 fully saturated rings. The van der Waals surface area contributed by atoms with Gasteiger partial charge >= 0.3 is 0 Å². The molecule has 0 saturated carbocycles. The third-order valence-electron chi connectivity index (χ3n) is 1.56. The Morgan fingerprint density at radius 1 is 1.62 bits per heavy atom. The third-order valence-corrected chi connectivity index (χ3v) is 2.17. The smallest absolute Gasteiger partial charge is 0.154 e. The minimum absolute atomic E-state index is 0.351. The Hall–Kier alpha value is -0.610. The van der Waals surface area contributed by atoms with Crippen LogP contribution in [0, 0.1) is 10.6 Å². The molecular formula is C8H12ClN3S. The first-order valence-corrected chi connectivity index (χ1v) is 4.83. The Morgan fingerprint density at radius 2 is 2.23 bits per heavy atom. The normalized spacial score (nSPS) is 10.8. The number of rotatable bonds is 2. The molecule has 1 aromatic rings. The molecule has 0 bridgehead atoms. The molecule has 0 saturated heterocycles. The highest BCUT2D eigenvalue weighted by Gasteiger charge is 2.04. The van der Waals surface area contributed by atoms with Crippen molar-refractivity contribution in [3.05, 3.63) is 15.6 Å². The molecular weight excluding hydrogens is 206 g/mol. The second-order valence-corrected chi connectivity index (χ2v) is 4.08. The minimum atomic E-state index is 0.351. The average Bonchev–Trinajstić information content (AvgIpc) is 1.98. The van der Waals surface area contributed by atoms with Crippen molar-refractivity contribution in [2.75, 3.05) is 5.73 Å². The van der Waals surface area contributed by atoms with Crippen LogP contribution in [0.3, 0.4) is 0 Å². The van der Waals surface area contributed by atoms with Gasteiger partial charge < -0.3 is 10.7 Å². The second kappa shape index (κ2) is 4.07. The van der Waals surface area contributed by atoms with E-state index < -0.39 is 0 Å². The molecule has 1 aromatic heterocycles. The van der Waals surface area contributed by atoms with Gasteiger partial charge in [-0.2, -0.15) is 0 Å². The number of H-pyrrole nitrogens is 1. The number of nitrogens with one attached hydrogen (secondary N) is 1. The Bertz CT molecular complexity index is 359. The number of anilines is 1. The number of hydrogen-bond donors (Lipinski definition) is 2. The van der Waals surface area contributed by atoms with Gasteiger partial charge in [0.1, 0.15) is 16.7 Å². The highest BCUT2D eigenvalue weighted by molar-refractivity contribution is 7.71. The predicted octanol–water partition coefficient (Wildman–Crippen LogP) is 2.57. The maximum atomic E-state index is 5.82. The molecule has 3 N–H and O–H groups in total. The molecule has 0 aromatic carbocycles. The fraction of sp³-hybridized carbons (Fsp3) is 0.500. The van der Waals surface area contributed by atoms with E-state index in [1.54, 1.807) is 0 Å². The lowest BCUT2D eigenvalue weighted by Crippen LogP contribution is -2.03. The lowest BCUT2D eigenvalue weighted by atomic mass is 10.1. The van der Waals surface area contributed by atoms with E-state index in [0.717, 1.165) is 12.2 Å². The molecule has 3 nitrogen and oxygen atoms in total. The van der Waals surface area contributed by atoms with E-state index in [-0.39, 0.29) is 0 Å². The van der Waals surface area contributed by atoms with Crippen LogP contribution >= 0.6 is 23.8 Å². The largest absolute Gasteiger partial charge is 0.394 e. The van der Waals surface area contributed by atoms with Crippen LogP contribution in [0.15, 0.2) is 0 Å². The van der Waals surface area contributed by atoms with E-state index in [1.807, 2.05) is 0 Å². The van der Waals surface area contributed by atoms with Crippen LogP contribution in [0.1, 0.15) is 19.7 Å². The Morgan fingerprint density at radius 3 is 2.69 bits per heavy atom. The summed E-state index contributed by atoms with van der Waals surface area (Å²) in [7, 11) is 0. The number of nitrogens with two attached hydrogens (primary N) is 1. The lowest BCUT2D eigenvalue weighted by molar-refractivity contribution is 0.620. The van der Waals surface area contributed by atoms with Crippen LogP contribution in [0.4, 0.5) is 5.69 Å². The third kappa shape index (κ3) is 2.67. The molecule has 0 atom stereocenters. The van der Waals surface area contributed by atoms with Gasteiger partial charge in [-0.3, -0.25) is 0 Å². The predicted molar refractivity (Wildman–Crippen MR) is 57.4 cm³/mol. The van der Waals surface area contributed by atoms with E-state index in [9.17, 15) is 0 Å². The van der Waals surface area contributed by atoms with E-state index in [0.29, 0.717) is 21.4 Å². The van der Waals surface area contributed by atoms with Gasteiger partial charge in [-0.25, -0.2) is 4.98 Å². The summed E-state index contributed by atoms with van der Waals surface area (Å²) in [6.45, 7) is 4.20. The van der Waals surface area contributed by atoms with Gasteiger partial charge in [-0.15, -0.1) is 0 Å². The quantitative estimate of drug-likeness (QED) is 0.592. The highest BCUT2D eigenvalue weighted by atomic mass is 35.5. The van der Waals surface area contributed by atoms with Gasteiger partial charge in [-0.05, 0) is 5.92 Å². The SMILES string of the molecule is CC(C)Cc1nc(=S)c(N)c(Cl)[nH]1. The average molecular weight is 218 g/mol. The van der Waals surface area contributed by atoms with Gasteiger partial charge in [-0.1, -0.05) is 37.7 Å². The van der Waals surface area contributed by atoms with Crippen molar-refractivity contribution in [1.82, 2.24) is 9.97 Å². The molecule has 0 aliphatic rings. The number of halogens is 1. The van der Waals surface area contributed by atoms with E-state index >= 15 is 0 Å². The first-order valence-electron chi connectivity index (χ1n) is 4.05. The summed E-state index contributed by atoms with van der Waals surface area (Å²) in [6, 6.07) is 0. The summed E-state index contributed by atoms with van der Waals surface area (Å²) in [5.74, 6) is 1.30. The van der Waals surface area contributed by atoms with Crippen molar-refractivity contribution in [2.45, 2.75) is 20.3 Å². The van der Waals surface area contributed by atoms with Gasteiger partial charge in [0, 0.05) is 6.42 Å². The summed E-state index contributed by atoms with van der Waals surface area (Å²) in [5.41, 5.74) is 5.90. The number of aromatic nitrogens is 2. The van der Waals surface area contributed by atoms with Crippen LogP contribution in [-0.2, 0) is 6.42 Å². The van der Waals surface area contributed by atoms with Crippen molar-refractivity contribution < 1.29 is 0 Å². The van der Waals surface area contributed by atoms with Crippen molar-refractivity contribution in [3.63, 3.8) is 0 Å². The molecule has 0 amide bonds. The molecule has 0 unspecified atom stereocenters. The number of aromatic amines is 1. The van der Waals surface area contributed by atoms with E-state index in [4.69, 9.17) is 29.6 Å². The van der Waals surface area contributed by atoms with Crippen molar-refractivity contribution >= 4 is 29.5 Å². The summed E-state index contributed by atoms with van der Waals surface area (Å²) < 4.78 is 0.374. The number of nitrogen functional groups attached to an aromatic ring is 1. The van der Waals surface area contributed by atoms with Crippen LogP contribution in [0.25, 0.3) is 0 Å². The first-order chi connectivity index (χ1) is 6.00. The number of nitrogens with zero attached hydrogens (tertiary/aromatic N) is 1. The summed E-state index contributed by atoms with van der Waals surface area (Å²) >= 11 is 10.8. The van der Waals surface area contributed by atoms with Crippen LogP contribution in [0.2, 0.25) is 5.15 Å². The Labute approximate surface area is 87.3 Å². The zero-order valence-electron chi connectivity index (χ0n) is 7.60. The monoisotopic (exact) mass is 217 g/mol. The maximum absolute atomic E-state index is 5.82. The Balaban J connectivity index is 3.06. The second-order valence-electron chi connectivity index (χ2n) is 3.31. The molecule has 72 valence electrons. The zero-order valence-corrected chi connectivity index (χ0v) is 9.17.